The van der Waals surface area contributed by atoms with Gasteiger partial charge in [0.2, 0.25) is 5.88 Å². The van der Waals surface area contributed by atoms with Crippen molar-refractivity contribution in [1.82, 2.24) is 4.57 Å². The number of azo groups is 1. The second-order valence-corrected chi connectivity index (χ2v) is 8.18. The van der Waals surface area contributed by atoms with Crippen LogP contribution in [0.3, 0.4) is 0 Å². The Balaban J connectivity index is 2.78. The highest BCUT2D eigenvalue weighted by atomic mass is 32.2. The molecule has 0 aliphatic heterocycles. The molecule has 27 heavy (non-hydrogen) atoms. The van der Waals surface area contributed by atoms with Crippen LogP contribution < -0.4 is 11.3 Å². The van der Waals surface area contributed by atoms with Gasteiger partial charge in [-0.1, -0.05) is 0 Å². The highest BCUT2D eigenvalue weighted by molar-refractivity contribution is 7.86. The van der Waals surface area contributed by atoms with E-state index in [9.17, 15) is 31.3 Å². The zero-order chi connectivity index (χ0) is 20.7. The predicted octanol–water partition coefficient (Wildman–Crippen LogP) is 0.890. The molecule has 0 aliphatic rings. The Morgan fingerprint density at radius 1 is 1.00 bits per heavy atom. The number of nitrogens with two attached hydrogens (primary N) is 1. The lowest BCUT2D eigenvalue weighted by molar-refractivity contribution is 0.424. The molecule has 2 rings (SSSR count). The van der Waals surface area contributed by atoms with Gasteiger partial charge in [0, 0.05) is 13.1 Å². The number of nitrogen functional groups attached to an aromatic ring is 1. The zero-order valence-corrected chi connectivity index (χ0v) is 15.5. The number of hydrogen-bond donors (Lipinski definition) is 4. The summed E-state index contributed by atoms with van der Waals surface area (Å²) in [4.78, 5) is 9.84. The normalized spacial score (nSPS) is 12.6. The molecule has 1 aromatic heterocycles. The Hall–Kier alpha value is -2.81. The van der Waals surface area contributed by atoms with Crippen molar-refractivity contribution in [2.45, 2.75) is 16.7 Å². The van der Waals surface area contributed by atoms with Crippen LogP contribution in [0.15, 0.2) is 43.0 Å². The van der Waals surface area contributed by atoms with Crippen LogP contribution in [0.2, 0.25) is 0 Å². The number of aromatic nitrogens is 1. The Labute approximate surface area is 153 Å². The van der Waals surface area contributed by atoms with Crippen molar-refractivity contribution in [1.29, 1.82) is 0 Å². The minimum atomic E-state index is -4.89. The van der Waals surface area contributed by atoms with E-state index in [-0.39, 0.29) is 11.3 Å². The first-order valence-electron chi connectivity index (χ1n) is 6.93. The molecular formula is C13H14N4O8S2. The van der Waals surface area contributed by atoms with Gasteiger partial charge < -0.3 is 10.8 Å². The highest BCUT2D eigenvalue weighted by Gasteiger charge is 2.23. The molecule has 14 heteroatoms. The van der Waals surface area contributed by atoms with Gasteiger partial charge in [0.15, 0.2) is 0 Å². The van der Waals surface area contributed by atoms with Gasteiger partial charge in [-0.05, 0) is 24.6 Å². The summed E-state index contributed by atoms with van der Waals surface area (Å²) in [5.41, 5.74) is 3.53. The molecule has 0 amide bonds. The minimum absolute atomic E-state index is 0.193. The fourth-order valence-corrected chi connectivity index (χ4v) is 3.35. The van der Waals surface area contributed by atoms with E-state index in [0.29, 0.717) is 12.1 Å². The van der Waals surface area contributed by atoms with E-state index in [0.717, 1.165) is 10.6 Å². The molecule has 0 saturated heterocycles. The Morgan fingerprint density at radius 3 is 2.07 bits per heavy atom. The number of rotatable bonds is 4. The summed E-state index contributed by atoms with van der Waals surface area (Å²) in [6.07, 6.45) is 0. The molecule has 1 aromatic carbocycles. The van der Waals surface area contributed by atoms with Gasteiger partial charge in [-0.25, -0.2) is 0 Å². The van der Waals surface area contributed by atoms with Crippen LogP contribution >= 0.6 is 0 Å². The van der Waals surface area contributed by atoms with E-state index in [2.05, 4.69) is 10.2 Å². The van der Waals surface area contributed by atoms with Crippen LogP contribution in [0.5, 0.6) is 5.88 Å². The maximum atomic E-state index is 11.6. The zero-order valence-electron chi connectivity index (χ0n) is 13.9. The molecular weight excluding hydrogens is 404 g/mol. The lowest BCUT2D eigenvalue weighted by atomic mass is 10.2. The summed E-state index contributed by atoms with van der Waals surface area (Å²) in [6, 6.07) is 2.30. The number of aromatic hydroxyl groups is 1. The smallest absolute Gasteiger partial charge is 0.296 e. The van der Waals surface area contributed by atoms with Gasteiger partial charge in [-0.2, -0.15) is 16.8 Å². The molecule has 0 spiro atoms. The first kappa shape index (κ1) is 20.5. The van der Waals surface area contributed by atoms with Crippen molar-refractivity contribution in [2.24, 2.45) is 17.3 Å². The summed E-state index contributed by atoms with van der Waals surface area (Å²) in [6.45, 7) is 1.42. The van der Waals surface area contributed by atoms with E-state index < -0.39 is 52.8 Å². The van der Waals surface area contributed by atoms with Crippen LogP contribution in [0, 0.1) is 6.92 Å². The third-order valence-corrected chi connectivity index (χ3v) is 5.27. The molecule has 5 N–H and O–H groups in total. The van der Waals surface area contributed by atoms with E-state index >= 15 is 0 Å². The van der Waals surface area contributed by atoms with Crippen LogP contribution in [-0.2, 0) is 27.3 Å². The molecule has 12 nitrogen and oxygen atoms in total. The number of hydrogen-bond acceptors (Lipinski definition) is 9. The number of aryl methyl sites for hydroxylation is 1. The third kappa shape index (κ3) is 4.13. The van der Waals surface area contributed by atoms with Crippen LogP contribution in [0.4, 0.5) is 17.1 Å². The van der Waals surface area contributed by atoms with Crippen molar-refractivity contribution in [2.75, 3.05) is 5.73 Å². The molecule has 0 aliphatic carbocycles. The van der Waals surface area contributed by atoms with Crippen LogP contribution in [0.1, 0.15) is 5.56 Å². The predicted molar refractivity (Wildman–Crippen MR) is 92.7 cm³/mol. The maximum absolute atomic E-state index is 11.6. The van der Waals surface area contributed by atoms with Gasteiger partial charge in [0.1, 0.15) is 21.2 Å². The van der Waals surface area contributed by atoms with E-state index in [1.165, 1.54) is 14.0 Å². The summed E-state index contributed by atoms with van der Waals surface area (Å²) >= 11 is 0. The van der Waals surface area contributed by atoms with E-state index in [1.54, 1.807) is 0 Å². The molecule has 0 radical (unpaired) electrons. The largest absolute Gasteiger partial charge is 0.493 e. The fraction of sp³-hybridized carbons (Fsp3) is 0.154. The summed E-state index contributed by atoms with van der Waals surface area (Å²) < 4.78 is 65.0. The highest BCUT2D eigenvalue weighted by Crippen LogP contribution is 2.35. The summed E-state index contributed by atoms with van der Waals surface area (Å²) in [5, 5.41) is 17.1. The molecule has 2 aromatic rings. The van der Waals surface area contributed by atoms with Gasteiger partial charge >= 0.3 is 0 Å². The molecule has 1 heterocycles. The summed E-state index contributed by atoms with van der Waals surface area (Å²) in [5.74, 6) is -0.581. The van der Waals surface area contributed by atoms with Crippen molar-refractivity contribution in [3.8, 4) is 5.88 Å². The molecule has 0 unspecified atom stereocenters. The first-order chi connectivity index (χ1) is 12.2. The van der Waals surface area contributed by atoms with Gasteiger partial charge in [-0.3, -0.25) is 18.5 Å². The Bertz CT molecular complexity index is 1230. The van der Waals surface area contributed by atoms with Crippen molar-refractivity contribution in [3.05, 3.63) is 34.1 Å². The molecule has 0 bridgehead atoms. The number of nitrogens with zero attached hydrogens (tertiary/aromatic N) is 3. The van der Waals surface area contributed by atoms with Gasteiger partial charge in [0.05, 0.1) is 5.69 Å². The average molecular weight is 418 g/mol. The Kier molecular flexibility index (Phi) is 5.11. The van der Waals surface area contributed by atoms with E-state index in [1.807, 2.05) is 0 Å². The average Bonchev–Trinajstić information content (AvgIpc) is 2.51. The molecule has 0 fully saturated rings. The van der Waals surface area contributed by atoms with E-state index in [4.69, 9.17) is 10.3 Å². The SMILES string of the molecule is Cc1cc(=O)n(C)c(O)c1N=Nc1cc(S(=O)(=O)O)c(N)cc1S(=O)(=O)O. The standard InChI is InChI=1S/C13H14N4O8S2/c1-6-3-11(18)17(2)13(19)12(6)16-15-8-5-9(26(20,21)22)7(14)4-10(8)27(23,24)25/h3-5,19H,14H2,1-2H3,(H,20,21,22)(H,23,24,25). The Morgan fingerprint density at radius 2 is 1.56 bits per heavy atom. The summed E-state index contributed by atoms with van der Waals surface area (Å²) in [7, 11) is -8.46. The van der Waals surface area contributed by atoms with Gasteiger partial charge in [0.25, 0.3) is 25.8 Å². The number of benzene rings is 1. The molecule has 0 atom stereocenters. The fourth-order valence-electron chi connectivity index (χ4n) is 2.09. The monoisotopic (exact) mass is 418 g/mol. The van der Waals surface area contributed by atoms with Crippen LogP contribution in [-0.4, -0.2) is 35.6 Å². The lowest BCUT2D eigenvalue weighted by Crippen LogP contribution is -2.15. The molecule has 146 valence electrons. The van der Waals surface area contributed by atoms with Crippen molar-refractivity contribution >= 4 is 37.3 Å². The second-order valence-electron chi connectivity index (χ2n) is 5.40. The third-order valence-electron chi connectivity index (χ3n) is 3.48. The number of anilines is 1. The quantitative estimate of drug-likeness (QED) is 0.316. The van der Waals surface area contributed by atoms with Crippen molar-refractivity contribution < 1.29 is 31.0 Å². The topological polar surface area (TPSA) is 202 Å². The van der Waals surface area contributed by atoms with Gasteiger partial charge in [-0.15, -0.1) is 10.2 Å². The molecule has 0 saturated carbocycles. The lowest BCUT2D eigenvalue weighted by Gasteiger charge is -2.09. The first-order valence-corrected chi connectivity index (χ1v) is 9.81. The maximum Gasteiger partial charge on any atom is 0.296 e. The minimum Gasteiger partial charge on any atom is -0.493 e. The second kappa shape index (κ2) is 6.73. The van der Waals surface area contributed by atoms with Crippen molar-refractivity contribution in [3.63, 3.8) is 0 Å². The van der Waals surface area contributed by atoms with Crippen LogP contribution in [0.25, 0.3) is 0 Å². The number of pyridine rings is 1.